The zero-order chi connectivity index (χ0) is 13.8. The van der Waals surface area contributed by atoms with Crippen LogP contribution in [0.2, 0.25) is 0 Å². The second kappa shape index (κ2) is 6.34. The van der Waals surface area contributed by atoms with Crippen LogP contribution in [0, 0.1) is 0 Å². The van der Waals surface area contributed by atoms with Crippen LogP contribution in [0.15, 0.2) is 37.8 Å². The Morgan fingerprint density at radius 1 is 1.05 bits per heavy atom. The molecule has 0 aliphatic rings. The van der Waals surface area contributed by atoms with E-state index in [1.54, 1.807) is 14.2 Å². The van der Waals surface area contributed by atoms with Gasteiger partial charge in [0.2, 0.25) is 0 Å². The molecule has 0 radical (unpaired) electrons. The predicted molar refractivity (Wildman–Crippen MR) is 81.0 cm³/mol. The first kappa shape index (κ1) is 14.3. The van der Waals surface area contributed by atoms with E-state index in [2.05, 4.69) is 37.2 Å². The van der Waals surface area contributed by atoms with Crippen molar-refractivity contribution in [1.82, 2.24) is 0 Å². The molecule has 6 heteroatoms. The van der Waals surface area contributed by atoms with Crippen molar-refractivity contribution in [2.24, 2.45) is 0 Å². The lowest BCUT2D eigenvalue weighted by Crippen LogP contribution is -1.99. The third-order valence-electron chi connectivity index (χ3n) is 2.51. The van der Waals surface area contributed by atoms with Gasteiger partial charge in [-0.2, -0.15) is 0 Å². The summed E-state index contributed by atoms with van der Waals surface area (Å²) in [6.07, 6.45) is 0. The van der Waals surface area contributed by atoms with Gasteiger partial charge in [0.05, 0.1) is 25.2 Å². The maximum absolute atomic E-state index is 5.49. The monoisotopic (exact) mass is 389 g/mol. The number of hydrogen-bond acceptors (Lipinski definition) is 4. The third-order valence-corrected chi connectivity index (χ3v) is 4.22. The fraction of sp³-hybridized carbons (Fsp3) is 0.231. The molecule has 0 saturated heterocycles. The summed E-state index contributed by atoms with van der Waals surface area (Å²) in [5.74, 6) is 2.30. The standard InChI is InChI=1S/C13H13Br2NO3/c1-17-9-3-8(4-10(5-9)18-2)16-7-11-6-12(14)13(15)19-11/h3-6,16H,7H2,1-2H3. The number of furan rings is 1. The molecule has 1 aromatic heterocycles. The highest BCUT2D eigenvalue weighted by atomic mass is 79.9. The van der Waals surface area contributed by atoms with Gasteiger partial charge >= 0.3 is 0 Å². The van der Waals surface area contributed by atoms with Crippen LogP contribution < -0.4 is 14.8 Å². The first-order valence-corrected chi connectivity index (χ1v) is 7.11. The van der Waals surface area contributed by atoms with Crippen LogP contribution >= 0.6 is 31.9 Å². The normalized spacial score (nSPS) is 10.3. The summed E-state index contributed by atoms with van der Waals surface area (Å²) in [4.78, 5) is 0. The first-order valence-electron chi connectivity index (χ1n) is 5.53. The van der Waals surface area contributed by atoms with Crippen LogP contribution in [0.4, 0.5) is 5.69 Å². The molecule has 0 atom stereocenters. The van der Waals surface area contributed by atoms with Crippen molar-refractivity contribution >= 4 is 37.5 Å². The van der Waals surface area contributed by atoms with E-state index < -0.39 is 0 Å². The fourth-order valence-corrected chi connectivity index (χ4v) is 2.24. The second-order valence-corrected chi connectivity index (χ2v) is 5.36. The molecule has 0 spiro atoms. The van der Waals surface area contributed by atoms with Crippen molar-refractivity contribution < 1.29 is 13.9 Å². The highest BCUT2D eigenvalue weighted by molar-refractivity contribution is 9.13. The number of hydrogen-bond donors (Lipinski definition) is 1. The number of halogens is 2. The minimum atomic E-state index is 0.570. The average Bonchev–Trinajstić information content (AvgIpc) is 2.75. The van der Waals surface area contributed by atoms with E-state index in [1.165, 1.54) is 0 Å². The Balaban J connectivity index is 2.10. The maximum Gasteiger partial charge on any atom is 0.183 e. The summed E-state index contributed by atoms with van der Waals surface area (Å²) in [5.41, 5.74) is 0.903. The lowest BCUT2D eigenvalue weighted by atomic mass is 10.2. The van der Waals surface area contributed by atoms with Gasteiger partial charge in [0.1, 0.15) is 17.3 Å². The summed E-state index contributed by atoms with van der Waals surface area (Å²) in [6.45, 7) is 0.570. The molecule has 2 aromatic rings. The van der Waals surface area contributed by atoms with E-state index in [-0.39, 0.29) is 0 Å². The van der Waals surface area contributed by atoms with E-state index >= 15 is 0 Å². The van der Waals surface area contributed by atoms with Gasteiger partial charge in [-0.15, -0.1) is 0 Å². The van der Waals surface area contributed by atoms with Crippen molar-refractivity contribution in [2.75, 3.05) is 19.5 Å². The number of anilines is 1. The Morgan fingerprint density at radius 3 is 2.16 bits per heavy atom. The van der Waals surface area contributed by atoms with Crippen molar-refractivity contribution in [3.8, 4) is 11.5 Å². The Morgan fingerprint density at radius 2 is 1.68 bits per heavy atom. The molecule has 0 saturated carbocycles. The van der Waals surface area contributed by atoms with Crippen LogP contribution in [0.5, 0.6) is 11.5 Å². The molecule has 0 fully saturated rings. The molecule has 0 amide bonds. The molecule has 102 valence electrons. The van der Waals surface area contributed by atoms with Crippen LogP contribution in [0.3, 0.4) is 0 Å². The summed E-state index contributed by atoms with van der Waals surface area (Å²) in [6, 6.07) is 7.53. The molecule has 19 heavy (non-hydrogen) atoms. The van der Waals surface area contributed by atoms with Gasteiger partial charge in [0, 0.05) is 23.9 Å². The van der Waals surface area contributed by atoms with Crippen molar-refractivity contribution in [3.05, 3.63) is 39.2 Å². The fourth-order valence-electron chi connectivity index (χ4n) is 1.58. The molecule has 4 nitrogen and oxygen atoms in total. The Labute approximate surface area is 128 Å². The van der Waals surface area contributed by atoms with E-state index in [1.807, 2.05) is 24.3 Å². The largest absolute Gasteiger partial charge is 0.497 e. The number of nitrogens with one attached hydrogen (secondary N) is 1. The molecule has 1 aromatic carbocycles. The van der Waals surface area contributed by atoms with Crippen LogP contribution in [-0.2, 0) is 6.54 Å². The third kappa shape index (κ3) is 3.67. The lowest BCUT2D eigenvalue weighted by Gasteiger charge is -2.09. The lowest BCUT2D eigenvalue weighted by molar-refractivity contribution is 0.394. The zero-order valence-electron chi connectivity index (χ0n) is 10.5. The Hall–Kier alpha value is -1.14. The van der Waals surface area contributed by atoms with E-state index in [0.717, 1.165) is 27.4 Å². The van der Waals surface area contributed by atoms with Crippen LogP contribution in [0.25, 0.3) is 0 Å². The first-order chi connectivity index (χ1) is 9.12. The zero-order valence-corrected chi connectivity index (χ0v) is 13.7. The number of benzene rings is 1. The SMILES string of the molecule is COc1cc(NCc2cc(Br)c(Br)o2)cc(OC)c1. The molecule has 0 aliphatic heterocycles. The molecular weight excluding hydrogens is 378 g/mol. The number of ether oxygens (including phenoxy) is 2. The van der Waals surface area contributed by atoms with Gasteiger partial charge in [0.15, 0.2) is 4.67 Å². The van der Waals surface area contributed by atoms with Gasteiger partial charge in [-0.3, -0.25) is 0 Å². The van der Waals surface area contributed by atoms with Gasteiger partial charge in [-0.1, -0.05) is 0 Å². The molecular formula is C13H13Br2NO3. The summed E-state index contributed by atoms with van der Waals surface area (Å²) in [5, 5.41) is 3.26. The smallest absolute Gasteiger partial charge is 0.183 e. The Kier molecular flexibility index (Phi) is 4.76. The topological polar surface area (TPSA) is 43.6 Å². The maximum atomic E-state index is 5.49. The number of methoxy groups -OCH3 is 2. The van der Waals surface area contributed by atoms with Gasteiger partial charge in [0.25, 0.3) is 0 Å². The summed E-state index contributed by atoms with van der Waals surface area (Å²) >= 11 is 6.69. The molecule has 0 bridgehead atoms. The van der Waals surface area contributed by atoms with Crippen molar-refractivity contribution in [1.29, 1.82) is 0 Å². The Bertz CT molecular complexity index is 527. The summed E-state index contributed by atoms with van der Waals surface area (Å²) in [7, 11) is 3.25. The average molecular weight is 391 g/mol. The van der Waals surface area contributed by atoms with E-state index in [9.17, 15) is 0 Å². The van der Waals surface area contributed by atoms with E-state index in [4.69, 9.17) is 13.9 Å². The van der Waals surface area contributed by atoms with Gasteiger partial charge in [-0.25, -0.2) is 0 Å². The second-order valence-electron chi connectivity index (χ2n) is 3.79. The molecule has 2 rings (SSSR count). The molecule has 0 unspecified atom stereocenters. The molecule has 1 N–H and O–H groups in total. The molecule has 0 aliphatic carbocycles. The van der Waals surface area contributed by atoms with Gasteiger partial charge < -0.3 is 19.2 Å². The van der Waals surface area contributed by atoms with Crippen molar-refractivity contribution in [2.45, 2.75) is 6.54 Å². The van der Waals surface area contributed by atoms with Crippen LogP contribution in [0.1, 0.15) is 5.76 Å². The predicted octanol–water partition coefficient (Wildman–Crippen LogP) is 4.43. The highest BCUT2D eigenvalue weighted by Crippen LogP contribution is 2.29. The minimum absolute atomic E-state index is 0.570. The minimum Gasteiger partial charge on any atom is -0.497 e. The number of rotatable bonds is 5. The molecule has 1 heterocycles. The van der Waals surface area contributed by atoms with E-state index in [0.29, 0.717) is 11.2 Å². The summed E-state index contributed by atoms with van der Waals surface area (Å²) < 4.78 is 17.5. The van der Waals surface area contributed by atoms with Crippen LogP contribution in [-0.4, -0.2) is 14.2 Å². The van der Waals surface area contributed by atoms with Crippen molar-refractivity contribution in [3.63, 3.8) is 0 Å². The highest BCUT2D eigenvalue weighted by Gasteiger charge is 2.07. The van der Waals surface area contributed by atoms with Gasteiger partial charge in [-0.05, 0) is 37.9 Å². The quantitative estimate of drug-likeness (QED) is 0.819.